The van der Waals surface area contributed by atoms with Crippen LogP contribution in [0, 0.1) is 0 Å². The monoisotopic (exact) mass is 248 g/mol. The van der Waals surface area contributed by atoms with Crippen molar-refractivity contribution in [2.45, 2.75) is 6.42 Å². The third-order valence-corrected chi connectivity index (χ3v) is 2.67. The fourth-order valence-electron chi connectivity index (χ4n) is 1.16. The standard InChI is InChI=1S/C9H10ClO4P/c10-8-3-1-2-7(4-8)5-9(11)6-15(12,13)14/h1-4H,5-6H2,(H2,12,13,14). The highest BCUT2D eigenvalue weighted by Gasteiger charge is 2.18. The maximum atomic E-state index is 11.2. The lowest BCUT2D eigenvalue weighted by Gasteiger charge is -2.03. The maximum absolute atomic E-state index is 11.2. The van der Waals surface area contributed by atoms with Crippen LogP contribution in [-0.4, -0.2) is 21.7 Å². The number of carbonyl (C=O) groups excluding carboxylic acids is 1. The average Bonchev–Trinajstić information content (AvgIpc) is 1.99. The van der Waals surface area contributed by atoms with Crippen molar-refractivity contribution in [1.29, 1.82) is 0 Å². The van der Waals surface area contributed by atoms with E-state index in [4.69, 9.17) is 21.4 Å². The van der Waals surface area contributed by atoms with Gasteiger partial charge in [0.25, 0.3) is 0 Å². The van der Waals surface area contributed by atoms with Gasteiger partial charge in [0, 0.05) is 11.4 Å². The number of benzene rings is 1. The molecule has 1 aromatic rings. The molecule has 0 aliphatic rings. The molecule has 0 heterocycles. The van der Waals surface area contributed by atoms with Crippen LogP contribution in [0.4, 0.5) is 0 Å². The molecule has 6 heteroatoms. The Bertz CT molecular complexity index is 412. The van der Waals surface area contributed by atoms with E-state index in [9.17, 15) is 9.36 Å². The number of rotatable bonds is 4. The van der Waals surface area contributed by atoms with Crippen LogP contribution in [0.25, 0.3) is 0 Å². The topological polar surface area (TPSA) is 74.6 Å². The molecular formula is C9H10ClO4P. The fourth-order valence-corrected chi connectivity index (χ4v) is 1.94. The van der Waals surface area contributed by atoms with Crippen molar-refractivity contribution in [1.82, 2.24) is 0 Å². The first-order valence-corrected chi connectivity index (χ1v) is 6.35. The van der Waals surface area contributed by atoms with Gasteiger partial charge in [-0.2, -0.15) is 0 Å². The second-order valence-corrected chi connectivity index (χ2v) is 5.25. The number of Topliss-reactive ketones (excluding diaryl/α,β-unsaturated/α-hetero) is 1. The van der Waals surface area contributed by atoms with Gasteiger partial charge >= 0.3 is 7.60 Å². The molecule has 0 aliphatic carbocycles. The Morgan fingerprint density at radius 2 is 2.07 bits per heavy atom. The highest BCUT2D eigenvalue weighted by molar-refractivity contribution is 7.52. The summed E-state index contributed by atoms with van der Waals surface area (Å²) in [6.07, 6.45) is -0.731. The number of hydrogen-bond acceptors (Lipinski definition) is 2. The van der Waals surface area contributed by atoms with Crippen molar-refractivity contribution >= 4 is 25.0 Å². The van der Waals surface area contributed by atoms with Crippen LogP contribution in [-0.2, 0) is 15.8 Å². The van der Waals surface area contributed by atoms with E-state index < -0.39 is 19.5 Å². The molecule has 0 bridgehead atoms. The van der Waals surface area contributed by atoms with E-state index in [0.717, 1.165) is 0 Å². The van der Waals surface area contributed by atoms with Gasteiger partial charge in [0.2, 0.25) is 0 Å². The lowest BCUT2D eigenvalue weighted by atomic mass is 10.1. The summed E-state index contributed by atoms with van der Waals surface area (Å²) in [5, 5.41) is 0.497. The van der Waals surface area contributed by atoms with Gasteiger partial charge in [0.1, 0.15) is 11.9 Å². The normalized spacial score (nSPS) is 11.4. The lowest BCUT2D eigenvalue weighted by Crippen LogP contribution is -2.08. The third kappa shape index (κ3) is 5.09. The Kier molecular flexibility index (Phi) is 4.05. The Labute approximate surface area is 92.0 Å². The van der Waals surface area contributed by atoms with Gasteiger partial charge in [-0.3, -0.25) is 9.36 Å². The molecular weight excluding hydrogens is 239 g/mol. The molecule has 0 saturated heterocycles. The summed E-state index contributed by atoms with van der Waals surface area (Å²) < 4.78 is 10.5. The van der Waals surface area contributed by atoms with Gasteiger partial charge in [0.05, 0.1) is 0 Å². The third-order valence-electron chi connectivity index (χ3n) is 1.67. The molecule has 15 heavy (non-hydrogen) atoms. The van der Waals surface area contributed by atoms with Gasteiger partial charge in [-0.05, 0) is 17.7 Å². The van der Waals surface area contributed by atoms with E-state index in [1.807, 2.05) is 0 Å². The summed E-state index contributed by atoms with van der Waals surface area (Å²) in [7, 11) is -4.25. The minimum Gasteiger partial charge on any atom is -0.324 e. The molecule has 1 rings (SSSR count). The minimum atomic E-state index is -4.25. The van der Waals surface area contributed by atoms with Gasteiger partial charge in [-0.15, -0.1) is 0 Å². The van der Waals surface area contributed by atoms with Gasteiger partial charge < -0.3 is 9.79 Å². The van der Waals surface area contributed by atoms with E-state index in [1.165, 1.54) is 0 Å². The van der Waals surface area contributed by atoms with E-state index in [0.29, 0.717) is 10.6 Å². The molecule has 0 aromatic heterocycles. The molecule has 0 atom stereocenters. The molecule has 0 unspecified atom stereocenters. The smallest absolute Gasteiger partial charge is 0.324 e. The molecule has 1 aromatic carbocycles. The second kappa shape index (κ2) is 4.90. The van der Waals surface area contributed by atoms with Crippen LogP contribution in [0.5, 0.6) is 0 Å². The summed E-state index contributed by atoms with van der Waals surface area (Å²) in [4.78, 5) is 28.4. The highest BCUT2D eigenvalue weighted by atomic mass is 35.5. The van der Waals surface area contributed by atoms with Crippen molar-refractivity contribution in [3.8, 4) is 0 Å². The van der Waals surface area contributed by atoms with Crippen LogP contribution in [0.3, 0.4) is 0 Å². The van der Waals surface area contributed by atoms with Crippen molar-refractivity contribution in [2.24, 2.45) is 0 Å². The zero-order chi connectivity index (χ0) is 11.5. The van der Waals surface area contributed by atoms with Gasteiger partial charge in [-0.25, -0.2) is 0 Å². The Morgan fingerprint density at radius 3 is 2.60 bits per heavy atom. The van der Waals surface area contributed by atoms with Crippen LogP contribution < -0.4 is 0 Å². The van der Waals surface area contributed by atoms with Crippen LogP contribution in [0.15, 0.2) is 24.3 Å². The molecule has 0 aliphatic heterocycles. The Hall–Kier alpha value is -0.670. The molecule has 0 fully saturated rings. The summed E-state index contributed by atoms with van der Waals surface area (Å²) in [5.74, 6) is -0.495. The van der Waals surface area contributed by atoms with Crippen molar-refractivity contribution < 1.29 is 19.1 Å². The van der Waals surface area contributed by atoms with Crippen LogP contribution in [0.1, 0.15) is 5.56 Å². The molecule has 0 saturated carbocycles. The Morgan fingerprint density at radius 1 is 1.40 bits per heavy atom. The zero-order valence-corrected chi connectivity index (χ0v) is 9.41. The van der Waals surface area contributed by atoms with E-state index in [1.54, 1.807) is 24.3 Å². The average molecular weight is 249 g/mol. The second-order valence-electron chi connectivity index (χ2n) is 3.17. The number of halogens is 1. The summed E-state index contributed by atoms with van der Waals surface area (Å²) >= 11 is 5.70. The number of hydrogen-bond donors (Lipinski definition) is 2. The minimum absolute atomic E-state index is 0.00826. The summed E-state index contributed by atoms with van der Waals surface area (Å²) in [6.45, 7) is 0. The maximum Gasteiger partial charge on any atom is 0.332 e. The summed E-state index contributed by atoms with van der Waals surface area (Å²) in [6, 6.07) is 6.63. The molecule has 0 spiro atoms. The van der Waals surface area contributed by atoms with Gasteiger partial charge in [-0.1, -0.05) is 23.7 Å². The molecule has 2 N–H and O–H groups in total. The summed E-state index contributed by atoms with van der Waals surface area (Å²) in [5.41, 5.74) is 0.654. The largest absolute Gasteiger partial charge is 0.332 e. The number of ketones is 1. The van der Waals surface area contributed by atoms with Gasteiger partial charge in [0.15, 0.2) is 0 Å². The molecule has 0 radical (unpaired) electrons. The van der Waals surface area contributed by atoms with Crippen molar-refractivity contribution in [2.75, 3.05) is 6.16 Å². The fraction of sp³-hybridized carbons (Fsp3) is 0.222. The van der Waals surface area contributed by atoms with Crippen molar-refractivity contribution in [3.63, 3.8) is 0 Å². The quantitative estimate of drug-likeness (QED) is 0.794. The first kappa shape index (κ1) is 12.4. The first-order chi connectivity index (χ1) is 6.87. The lowest BCUT2D eigenvalue weighted by molar-refractivity contribution is -0.116. The van der Waals surface area contributed by atoms with E-state index >= 15 is 0 Å². The van der Waals surface area contributed by atoms with Crippen LogP contribution in [0.2, 0.25) is 5.02 Å². The molecule has 82 valence electrons. The zero-order valence-electron chi connectivity index (χ0n) is 7.76. The number of carbonyl (C=O) groups is 1. The van der Waals surface area contributed by atoms with Crippen molar-refractivity contribution in [3.05, 3.63) is 34.9 Å². The SMILES string of the molecule is O=C(Cc1cccc(Cl)c1)CP(=O)(O)O. The van der Waals surface area contributed by atoms with E-state index in [2.05, 4.69) is 0 Å². The van der Waals surface area contributed by atoms with Crippen LogP contribution >= 0.6 is 19.2 Å². The Balaban J connectivity index is 2.63. The predicted octanol–water partition coefficient (Wildman–Crippen LogP) is 1.63. The van der Waals surface area contributed by atoms with E-state index in [-0.39, 0.29) is 6.42 Å². The highest BCUT2D eigenvalue weighted by Crippen LogP contribution is 2.34. The first-order valence-electron chi connectivity index (χ1n) is 4.17. The molecule has 4 nitrogen and oxygen atoms in total. The molecule has 0 amide bonds. The predicted molar refractivity (Wildman–Crippen MR) is 57.1 cm³/mol.